The van der Waals surface area contributed by atoms with E-state index in [2.05, 4.69) is 5.32 Å². The average Bonchev–Trinajstić information content (AvgIpc) is 2.52. The van der Waals surface area contributed by atoms with Crippen molar-refractivity contribution in [3.05, 3.63) is 39.4 Å². The second kappa shape index (κ2) is 8.89. The van der Waals surface area contributed by atoms with Gasteiger partial charge in [-0.15, -0.1) is 0 Å². The number of nitro groups is 1. The van der Waals surface area contributed by atoms with Crippen LogP contribution in [0.2, 0.25) is 0 Å². The molecular weight excluding hydrogens is 328 g/mol. The molecule has 1 rings (SSSR count). The van der Waals surface area contributed by atoms with Gasteiger partial charge in [0.05, 0.1) is 24.2 Å². The van der Waals surface area contributed by atoms with Crippen LogP contribution < -0.4 is 5.32 Å². The second-order valence-corrected chi connectivity index (χ2v) is 6.77. The van der Waals surface area contributed by atoms with E-state index in [0.717, 1.165) is 5.56 Å². The molecule has 25 heavy (non-hydrogen) atoms. The fourth-order valence-corrected chi connectivity index (χ4v) is 2.20. The van der Waals surface area contributed by atoms with Crippen molar-refractivity contribution in [3.63, 3.8) is 0 Å². The molecule has 0 aliphatic rings. The maximum absolute atomic E-state index is 12.0. The van der Waals surface area contributed by atoms with Crippen LogP contribution in [0.25, 0.3) is 0 Å². The molecule has 0 spiro atoms. The highest BCUT2D eigenvalue weighted by Gasteiger charge is 2.26. The second-order valence-electron chi connectivity index (χ2n) is 6.77. The number of carbonyl (C=O) groups is 1. The molecule has 8 heteroatoms. The Hall–Kier alpha value is -2.03. The van der Waals surface area contributed by atoms with Gasteiger partial charge in [-0.2, -0.15) is 0 Å². The number of aliphatic hydroxyl groups excluding tert-OH is 1. The molecule has 0 heterocycles. The molecule has 0 saturated heterocycles. The smallest absolute Gasteiger partial charge is 0.323 e. The van der Waals surface area contributed by atoms with Crippen molar-refractivity contribution in [3.8, 4) is 0 Å². The van der Waals surface area contributed by atoms with Crippen LogP contribution in [-0.2, 0) is 20.7 Å². The van der Waals surface area contributed by atoms with E-state index in [-0.39, 0.29) is 18.7 Å². The molecule has 0 aromatic heterocycles. The van der Waals surface area contributed by atoms with Gasteiger partial charge in [0.15, 0.2) is 0 Å². The minimum atomic E-state index is -1.12. The number of carbonyl (C=O) groups excluding carboxylic acids is 1. The lowest BCUT2D eigenvalue weighted by Gasteiger charge is -2.25. The summed E-state index contributed by atoms with van der Waals surface area (Å²) >= 11 is 0. The first kappa shape index (κ1) is 21.0. The standard InChI is InChI=1S/C17H26N2O6/c1-11-6-7-12(14(8-11)19(22)23)9-13(16(21)24-5)18-15(20)10-25-17(2,3)4/h6-8,13,15,18,20H,9-10H2,1-5H3/t13-,15?/m0/s1. The van der Waals surface area contributed by atoms with Crippen LogP contribution in [-0.4, -0.2) is 47.6 Å². The summed E-state index contributed by atoms with van der Waals surface area (Å²) in [5, 5.41) is 24.0. The summed E-state index contributed by atoms with van der Waals surface area (Å²) in [6.45, 7) is 7.24. The lowest BCUT2D eigenvalue weighted by atomic mass is 10.0. The molecule has 0 aliphatic heterocycles. The molecule has 0 fully saturated rings. The predicted octanol–water partition coefficient (Wildman–Crippen LogP) is 1.71. The number of esters is 1. The first-order valence-electron chi connectivity index (χ1n) is 7.93. The fourth-order valence-electron chi connectivity index (χ4n) is 2.20. The fraction of sp³-hybridized carbons (Fsp3) is 0.588. The van der Waals surface area contributed by atoms with Gasteiger partial charge in [-0.25, -0.2) is 0 Å². The lowest BCUT2D eigenvalue weighted by Crippen LogP contribution is -2.48. The molecule has 1 unspecified atom stereocenters. The van der Waals surface area contributed by atoms with Crippen LogP contribution in [0.4, 0.5) is 5.69 Å². The van der Waals surface area contributed by atoms with E-state index in [9.17, 15) is 20.0 Å². The molecule has 0 bridgehead atoms. The summed E-state index contributed by atoms with van der Waals surface area (Å²) in [5.74, 6) is -0.621. The Labute approximate surface area is 147 Å². The van der Waals surface area contributed by atoms with Crippen molar-refractivity contribution < 1.29 is 24.3 Å². The molecule has 0 amide bonds. The minimum absolute atomic E-state index is 0.00977. The van der Waals surface area contributed by atoms with Crippen LogP contribution in [0.1, 0.15) is 31.9 Å². The average molecular weight is 354 g/mol. The molecule has 0 aliphatic carbocycles. The summed E-state index contributed by atoms with van der Waals surface area (Å²) in [4.78, 5) is 22.7. The van der Waals surface area contributed by atoms with Crippen molar-refractivity contribution >= 4 is 11.7 Å². The number of nitro benzene ring substituents is 1. The lowest BCUT2D eigenvalue weighted by molar-refractivity contribution is -0.385. The number of methoxy groups -OCH3 is 1. The van der Waals surface area contributed by atoms with Crippen molar-refractivity contribution in [1.82, 2.24) is 5.32 Å². The van der Waals surface area contributed by atoms with Crippen LogP contribution in [0.3, 0.4) is 0 Å². The van der Waals surface area contributed by atoms with E-state index < -0.39 is 28.8 Å². The van der Waals surface area contributed by atoms with E-state index in [0.29, 0.717) is 5.56 Å². The number of hydrogen-bond donors (Lipinski definition) is 2. The first-order chi connectivity index (χ1) is 11.5. The van der Waals surface area contributed by atoms with Crippen LogP contribution >= 0.6 is 0 Å². The zero-order valence-corrected chi connectivity index (χ0v) is 15.2. The van der Waals surface area contributed by atoms with Gasteiger partial charge in [0.2, 0.25) is 0 Å². The summed E-state index contributed by atoms with van der Waals surface area (Å²) in [6, 6.07) is 3.84. The summed E-state index contributed by atoms with van der Waals surface area (Å²) < 4.78 is 10.2. The molecule has 8 nitrogen and oxygen atoms in total. The molecule has 2 N–H and O–H groups in total. The molecule has 0 radical (unpaired) electrons. The van der Waals surface area contributed by atoms with Crippen LogP contribution in [0.5, 0.6) is 0 Å². The van der Waals surface area contributed by atoms with Gasteiger partial charge < -0.3 is 14.6 Å². The number of rotatable bonds is 8. The Morgan fingerprint density at radius 3 is 2.56 bits per heavy atom. The van der Waals surface area contributed by atoms with E-state index in [1.165, 1.54) is 13.2 Å². The van der Waals surface area contributed by atoms with E-state index >= 15 is 0 Å². The molecular formula is C17H26N2O6. The number of nitrogens with one attached hydrogen (secondary N) is 1. The van der Waals surface area contributed by atoms with E-state index in [1.54, 1.807) is 19.1 Å². The predicted molar refractivity (Wildman–Crippen MR) is 92.2 cm³/mol. The highest BCUT2D eigenvalue weighted by Crippen LogP contribution is 2.22. The maximum Gasteiger partial charge on any atom is 0.323 e. The Morgan fingerprint density at radius 1 is 1.40 bits per heavy atom. The van der Waals surface area contributed by atoms with Crippen molar-refractivity contribution in [1.29, 1.82) is 0 Å². The van der Waals surface area contributed by atoms with Crippen LogP contribution in [0.15, 0.2) is 18.2 Å². The highest BCUT2D eigenvalue weighted by molar-refractivity contribution is 5.76. The van der Waals surface area contributed by atoms with Gasteiger partial charge in [0.25, 0.3) is 5.69 Å². The van der Waals surface area contributed by atoms with Gasteiger partial charge in [0.1, 0.15) is 12.3 Å². The molecule has 1 aromatic rings. The topological polar surface area (TPSA) is 111 Å². The van der Waals surface area contributed by atoms with E-state index in [4.69, 9.17) is 9.47 Å². The SMILES string of the molecule is COC(=O)[C@H](Cc1ccc(C)cc1[N+](=O)[O-])NC(O)COC(C)(C)C. The van der Waals surface area contributed by atoms with Crippen molar-refractivity contribution in [2.45, 2.75) is 52.0 Å². The quantitative estimate of drug-likeness (QED) is 0.316. The van der Waals surface area contributed by atoms with Gasteiger partial charge in [-0.3, -0.25) is 20.2 Å². The Morgan fingerprint density at radius 2 is 2.04 bits per heavy atom. The third kappa shape index (κ3) is 7.16. The first-order valence-corrected chi connectivity index (χ1v) is 7.93. The monoisotopic (exact) mass is 354 g/mol. The Kier molecular flexibility index (Phi) is 7.47. The Balaban J connectivity index is 2.91. The molecule has 1 aromatic carbocycles. The highest BCUT2D eigenvalue weighted by atomic mass is 16.6. The van der Waals surface area contributed by atoms with Crippen molar-refractivity contribution in [2.24, 2.45) is 0 Å². The summed E-state index contributed by atoms with van der Waals surface area (Å²) in [6.07, 6.45) is -1.11. The number of ether oxygens (including phenoxy) is 2. The van der Waals surface area contributed by atoms with Gasteiger partial charge in [0, 0.05) is 18.1 Å². The normalized spacial score (nSPS) is 14.0. The van der Waals surface area contributed by atoms with Gasteiger partial charge in [-0.05, 0) is 33.3 Å². The third-order valence-electron chi connectivity index (χ3n) is 3.42. The summed E-state index contributed by atoms with van der Waals surface area (Å²) in [7, 11) is 1.22. The Bertz CT molecular complexity index is 612. The van der Waals surface area contributed by atoms with Crippen LogP contribution in [0, 0.1) is 17.0 Å². The summed E-state index contributed by atoms with van der Waals surface area (Å²) in [5.41, 5.74) is 0.606. The number of benzene rings is 1. The number of hydrogen-bond acceptors (Lipinski definition) is 7. The van der Waals surface area contributed by atoms with Gasteiger partial charge in [-0.1, -0.05) is 12.1 Å². The molecule has 0 saturated carbocycles. The minimum Gasteiger partial charge on any atom is -0.468 e. The number of nitrogens with zero attached hydrogens (tertiary/aromatic N) is 1. The molecule has 2 atom stereocenters. The third-order valence-corrected chi connectivity index (χ3v) is 3.42. The van der Waals surface area contributed by atoms with Crippen molar-refractivity contribution in [2.75, 3.05) is 13.7 Å². The van der Waals surface area contributed by atoms with Gasteiger partial charge >= 0.3 is 5.97 Å². The zero-order valence-electron chi connectivity index (χ0n) is 15.2. The molecule has 140 valence electrons. The van der Waals surface area contributed by atoms with E-state index in [1.807, 2.05) is 20.8 Å². The number of aryl methyl sites for hydroxylation is 1. The number of aliphatic hydroxyl groups is 1. The largest absolute Gasteiger partial charge is 0.468 e. The zero-order chi connectivity index (χ0) is 19.2. The maximum atomic E-state index is 12.0.